The molecule has 21 nitrogen and oxygen atoms in total. The summed E-state index contributed by atoms with van der Waals surface area (Å²) in [5, 5.41) is 3.63. The van der Waals surface area contributed by atoms with Crippen molar-refractivity contribution in [3.05, 3.63) is 262 Å². The highest BCUT2D eigenvalue weighted by Crippen LogP contribution is 2.38. The summed E-state index contributed by atoms with van der Waals surface area (Å²) in [4.78, 5) is 61.4. The van der Waals surface area contributed by atoms with Crippen LogP contribution in [0, 0.1) is 0 Å². The van der Waals surface area contributed by atoms with Gasteiger partial charge in [0.25, 0.3) is 0 Å². The van der Waals surface area contributed by atoms with Crippen LogP contribution in [0.15, 0.2) is 217 Å². The molecule has 0 bridgehead atoms. The van der Waals surface area contributed by atoms with Crippen molar-refractivity contribution < 1.29 is 85.5 Å². The lowest BCUT2D eigenvalue weighted by Gasteiger charge is -2.49. The maximum Gasteiger partial charge on any atom is 0.339 e. The Balaban J connectivity index is 1.08. The van der Waals surface area contributed by atoms with Crippen molar-refractivity contribution in [2.24, 2.45) is 5.11 Å². The fraction of sp³-hybridized carbons (Fsp3) is 0.324. The summed E-state index contributed by atoms with van der Waals surface area (Å²) in [6.07, 6.45) is -19.2. The lowest BCUT2D eigenvalue weighted by Crippen LogP contribution is -2.67. The van der Waals surface area contributed by atoms with Gasteiger partial charge in [-0.1, -0.05) is 181 Å². The number of ether oxygens (including phenoxy) is 14. The minimum Gasteiger partial charge on any atom is -0.467 e. The number of hydrogen-bond donors (Lipinski definition) is 0. The Morgan fingerprint density at radius 3 is 1.26 bits per heavy atom. The van der Waals surface area contributed by atoms with Gasteiger partial charge in [-0.25, -0.2) is 19.2 Å². The van der Waals surface area contributed by atoms with E-state index in [-0.39, 0.29) is 69.5 Å². The first-order valence-electron chi connectivity index (χ1n) is 29.0. The highest BCUT2D eigenvalue weighted by molar-refractivity contribution is 5.91. The van der Waals surface area contributed by atoms with Crippen LogP contribution in [-0.4, -0.2) is 137 Å². The zero-order valence-electron chi connectivity index (χ0n) is 48.6. The topological polar surface area (TPSA) is 246 Å². The summed E-state index contributed by atoms with van der Waals surface area (Å²) in [7, 11) is 1.11. The molecule has 0 amide bonds. The van der Waals surface area contributed by atoms with Crippen LogP contribution in [0.3, 0.4) is 0 Å². The molecule has 3 aliphatic heterocycles. The summed E-state index contributed by atoms with van der Waals surface area (Å²) in [6.45, 7) is -0.480. The van der Waals surface area contributed by atoms with E-state index in [1.54, 1.807) is 66.7 Å². The maximum absolute atomic E-state index is 14.8. The third-order valence-electron chi connectivity index (χ3n) is 14.8. The molecule has 3 fully saturated rings. The predicted molar refractivity (Wildman–Crippen MR) is 317 cm³/mol. The van der Waals surface area contributed by atoms with Gasteiger partial charge in [-0.2, -0.15) is 0 Å². The van der Waals surface area contributed by atoms with Crippen LogP contribution >= 0.6 is 0 Å². The number of esters is 4. The Labute approximate surface area is 514 Å². The van der Waals surface area contributed by atoms with Crippen LogP contribution in [0.5, 0.6) is 0 Å². The van der Waals surface area contributed by atoms with Crippen LogP contribution in [0.1, 0.15) is 53.3 Å². The minimum atomic E-state index is -1.91. The van der Waals surface area contributed by atoms with Gasteiger partial charge in [-0.15, -0.1) is 0 Å². The van der Waals surface area contributed by atoms with Crippen molar-refractivity contribution in [3.8, 4) is 0 Å². The van der Waals surface area contributed by atoms with Crippen molar-refractivity contribution in [2.45, 2.75) is 106 Å². The molecular formula is C68H67N3O18. The molecule has 0 aliphatic carbocycles. The molecule has 3 aliphatic rings. The zero-order valence-corrected chi connectivity index (χ0v) is 48.6. The van der Waals surface area contributed by atoms with Crippen LogP contribution < -0.4 is 0 Å². The number of nitrogens with zero attached hydrogens (tertiary/aromatic N) is 3. The smallest absolute Gasteiger partial charge is 0.339 e. The van der Waals surface area contributed by atoms with E-state index in [0.717, 1.165) is 29.4 Å². The molecule has 0 spiro atoms. The summed E-state index contributed by atoms with van der Waals surface area (Å²) >= 11 is 0. The third-order valence-corrected chi connectivity index (χ3v) is 14.8. The number of rotatable bonds is 27. The van der Waals surface area contributed by atoms with Gasteiger partial charge in [0.2, 0.25) is 0 Å². The Morgan fingerprint density at radius 2 is 0.809 bits per heavy atom. The number of hydrogen-bond acceptors (Lipinski definition) is 19. The van der Waals surface area contributed by atoms with E-state index in [9.17, 15) is 19.2 Å². The second kappa shape index (κ2) is 32.5. The monoisotopic (exact) mass is 1210 g/mol. The van der Waals surface area contributed by atoms with Crippen LogP contribution in [0.4, 0.5) is 0 Å². The maximum atomic E-state index is 14.8. The van der Waals surface area contributed by atoms with E-state index < -0.39 is 104 Å². The molecule has 7 unspecified atom stereocenters. The average Bonchev–Trinajstić information content (AvgIpc) is 0.850. The molecule has 0 saturated carbocycles. The van der Waals surface area contributed by atoms with Crippen LogP contribution in [0.2, 0.25) is 0 Å². The number of azide groups is 1. The Hall–Kier alpha value is -8.67. The van der Waals surface area contributed by atoms with Gasteiger partial charge in [0.05, 0.1) is 70.0 Å². The highest BCUT2D eigenvalue weighted by Gasteiger charge is 2.59. The number of carbonyl (C=O) groups excluding carboxylic acids is 4. The number of carbonyl (C=O) groups is 4. The van der Waals surface area contributed by atoms with E-state index in [0.29, 0.717) is 0 Å². The van der Waals surface area contributed by atoms with Crippen molar-refractivity contribution in [2.75, 3.05) is 33.5 Å². The van der Waals surface area contributed by atoms with Gasteiger partial charge < -0.3 is 66.3 Å². The molecule has 21 heteroatoms. The summed E-state index contributed by atoms with van der Waals surface area (Å²) in [5.41, 5.74) is 12.6. The molecule has 0 N–H and O–H groups in total. The lowest BCUT2D eigenvalue weighted by molar-refractivity contribution is -0.366. The van der Waals surface area contributed by atoms with Crippen LogP contribution in [0.25, 0.3) is 10.4 Å². The van der Waals surface area contributed by atoms with Gasteiger partial charge in [-0.05, 0) is 64.2 Å². The summed E-state index contributed by atoms with van der Waals surface area (Å²) in [6, 6.07) is 61.7. The summed E-state index contributed by atoms with van der Waals surface area (Å²) < 4.78 is 91.7. The molecular weight excluding hydrogens is 1150 g/mol. The first kappa shape index (κ1) is 63.4. The summed E-state index contributed by atoms with van der Waals surface area (Å²) in [5.74, 6) is -3.72. The molecule has 3 saturated heterocycles. The van der Waals surface area contributed by atoms with E-state index >= 15 is 0 Å². The van der Waals surface area contributed by atoms with Crippen LogP contribution in [-0.2, 0) is 97.5 Å². The van der Waals surface area contributed by atoms with Crippen molar-refractivity contribution in [1.82, 2.24) is 0 Å². The third kappa shape index (κ3) is 17.4. The molecule has 462 valence electrons. The fourth-order valence-corrected chi connectivity index (χ4v) is 10.3. The van der Waals surface area contributed by atoms with E-state index in [4.69, 9.17) is 71.8 Å². The Kier molecular flexibility index (Phi) is 23.2. The molecule has 10 rings (SSSR count). The Bertz CT molecular complexity index is 3360. The van der Waals surface area contributed by atoms with Gasteiger partial charge in [0.15, 0.2) is 43.3 Å². The highest BCUT2D eigenvalue weighted by atomic mass is 16.8. The molecule has 0 aromatic heterocycles. The second-order valence-corrected chi connectivity index (χ2v) is 20.8. The molecule has 0 radical (unpaired) electrons. The van der Waals surface area contributed by atoms with Crippen molar-refractivity contribution in [1.29, 1.82) is 0 Å². The second-order valence-electron chi connectivity index (χ2n) is 20.8. The molecule has 7 aromatic carbocycles. The molecule has 89 heavy (non-hydrogen) atoms. The van der Waals surface area contributed by atoms with Gasteiger partial charge >= 0.3 is 23.9 Å². The minimum absolute atomic E-state index is 0.00175. The van der Waals surface area contributed by atoms with Crippen molar-refractivity contribution in [3.63, 3.8) is 0 Å². The Morgan fingerprint density at radius 1 is 0.427 bits per heavy atom. The van der Waals surface area contributed by atoms with Gasteiger partial charge in [-0.3, -0.25) is 0 Å². The number of benzene rings is 7. The predicted octanol–water partition coefficient (Wildman–Crippen LogP) is 9.71. The molecule has 3 heterocycles. The first-order valence-corrected chi connectivity index (χ1v) is 29.0. The quantitative estimate of drug-likeness (QED) is 0.0116. The van der Waals surface area contributed by atoms with Gasteiger partial charge in [0, 0.05) is 11.5 Å². The standard InChI is InChI=1S/C68H67N3O18/c1-76-65(75)58-56(85-62(72)49-31-17-6-18-32-49)57(88-67-60(86-63(73)50-33-19-7-20-34-50)54(79-40-46-25-11-3-12-26-46)52(43-83-67)78-39-45-23-9-2-10-24-45)61(87-64(74)51-35-21-8-22-36-51)68(89-58)84-53-44-82-66(77-38-37-70-71-69)59(81-42-48-29-15-5-16-30-48)55(53)80-41-47-27-13-4-14-28-47/h2-36,52-61,66-68H,37-44H2,1H3/t52-,53-,54?,55?,56+,57?,58?,59?,60?,61?,66-,67-,68-/m1/s1. The molecule has 13 atom stereocenters. The first-order chi connectivity index (χ1) is 43.7. The molecule has 7 aromatic rings. The van der Waals surface area contributed by atoms with E-state index in [1.165, 1.54) is 24.3 Å². The largest absolute Gasteiger partial charge is 0.467 e. The normalized spacial score (nSPS) is 24.9. The SMILES string of the molecule is COC(=O)C1O[C@@H](O[C@@H]2CO[C@@H](OCCN=[N+]=[N-])C(OCc3ccccc3)C2OCc2ccccc2)C(OC(=O)c2ccccc2)C(O[C@H]2OC[C@@H](OCc3ccccc3)C(OCc3ccccc3)C2OC(=O)c2ccccc2)[C@@H]1OC(=O)c1ccccc1. The van der Waals surface area contributed by atoms with E-state index in [1.807, 2.05) is 121 Å². The lowest BCUT2D eigenvalue weighted by atomic mass is 9.96. The van der Waals surface area contributed by atoms with Crippen molar-refractivity contribution >= 4 is 23.9 Å². The van der Waals surface area contributed by atoms with Gasteiger partial charge in [0.1, 0.15) is 36.6 Å². The zero-order chi connectivity index (χ0) is 61.6. The van der Waals surface area contributed by atoms with E-state index in [2.05, 4.69) is 10.0 Å². The number of methoxy groups -OCH3 is 1. The average molecular weight is 1210 g/mol. The fourth-order valence-electron chi connectivity index (χ4n) is 10.3.